The van der Waals surface area contributed by atoms with Gasteiger partial charge in [0, 0.05) is 6.54 Å². The normalized spacial score (nSPS) is 30.2. The van der Waals surface area contributed by atoms with Crippen LogP contribution >= 0.6 is 0 Å². The number of nitrogens with zero attached hydrogens (tertiary/aromatic N) is 4. The highest BCUT2D eigenvalue weighted by Gasteiger charge is 2.43. The molecule has 0 amide bonds. The van der Waals surface area contributed by atoms with Gasteiger partial charge in [-0.15, -0.1) is 0 Å². The minimum atomic E-state index is -1.11. The zero-order valence-electron chi connectivity index (χ0n) is 10.8. The first kappa shape index (κ1) is 13.2. The highest BCUT2D eigenvalue weighted by molar-refractivity contribution is 5.81. The number of aryl methyl sites for hydroxylation is 1. The van der Waals surface area contributed by atoms with Crippen molar-refractivity contribution in [2.75, 3.05) is 12.3 Å². The van der Waals surface area contributed by atoms with Crippen molar-refractivity contribution in [3.05, 3.63) is 12.2 Å². The molecule has 1 aliphatic rings. The number of hydrogen-bond donors (Lipinski definition) is 4. The molecule has 3 heterocycles. The summed E-state index contributed by atoms with van der Waals surface area (Å²) in [7, 11) is 0. The Labute approximate surface area is 114 Å². The van der Waals surface area contributed by atoms with Crippen LogP contribution < -0.4 is 11.5 Å². The molecule has 9 heteroatoms. The molecule has 0 bridgehead atoms. The van der Waals surface area contributed by atoms with E-state index in [1.807, 2.05) is 0 Å². The van der Waals surface area contributed by atoms with Crippen LogP contribution in [0.25, 0.3) is 11.2 Å². The van der Waals surface area contributed by atoms with Crippen LogP contribution in [-0.4, -0.2) is 54.6 Å². The van der Waals surface area contributed by atoms with E-state index in [4.69, 9.17) is 16.2 Å². The van der Waals surface area contributed by atoms with Gasteiger partial charge in [0.15, 0.2) is 17.7 Å². The van der Waals surface area contributed by atoms with Gasteiger partial charge in [0.05, 0.1) is 6.33 Å². The van der Waals surface area contributed by atoms with Crippen LogP contribution in [0.3, 0.4) is 0 Å². The fraction of sp³-hybridized carbons (Fsp3) is 0.545. The van der Waals surface area contributed by atoms with Gasteiger partial charge in [0.1, 0.15) is 29.7 Å². The lowest BCUT2D eigenvalue weighted by Gasteiger charge is -2.16. The lowest BCUT2D eigenvalue weighted by atomic mass is 10.1. The Morgan fingerprint density at radius 3 is 2.75 bits per heavy atom. The topological polar surface area (TPSA) is 145 Å². The van der Waals surface area contributed by atoms with Gasteiger partial charge in [-0.3, -0.25) is 4.57 Å². The van der Waals surface area contributed by atoms with Gasteiger partial charge < -0.3 is 26.4 Å². The fourth-order valence-corrected chi connectivity index (χ4v) is 2.39. The van der Waals surface area contributed by atoms with Gasteiger partial charge >= 0.3 is 0 Å². The molecule has 0 unspecified atom stereocenters. The van der Waals surface area contributed by atoms with Crippen LogP contribution in [-0.2, 0) is 4.74 Å². The molecular weight excluding hydrogens is 264 g/mol. The van der Waals surface area contributed by atoms with Crippen molar-refractivity contribution < 1.29 is 14.9 Å². The van der Waals surface area contributed by atoms with E-state index in [0.717, 1.165) is 0 Å². The lowest BCUT2D eigenvalue weighted by Crippen LogP contribution is -2.35. The van der Waals surface area contributed by atoms with Gasteiger partial charge in [0.2, 0.25) is 0 Å². The fourth-order valence-electron chi connectivity index (χ4n) is 2.39. The molecule has 0 aliphatic carbocycles. The van der Waals surface area contributed by atoms with Gasteiger partial charge in [-0.2, -0.15) is 0 Å². The van der Waals surface area contributed by atoms with E-state index in [9.17, 15) is 10.2 Å². The van der Waals surface area contributed by atoms with E-state index in [1.165, 1.54) is 10.9 Å². The minimum Gasteiger partial charge on any atom is -0.387 e. The number of nitrogen functional groups attached to an aromatic ring is 1. The maximum absolute atomic E-state index is 10.1. The Hall–Kier alpha value is -1.81. The zero-order valence-corrected chi connectivity index (χ0v) is 10.8. The summed E-state index contributed by atoms with van der Waals surface area (Å²) in [6.45, 7) is 1.81. The first-order valence-corrected chi connectivity index (χ1v) is 6.21. The maximum atomic E-state index is 10.1. The number of fused-ring (bicyclic) bond motifs is 1. The second-order valence-electron chi connectivity index (χ2n) is 4.76. The molecular formula is C11H16N6O3. The minimum absolute atomic E-state index is 0.109. The molecule has 4 atom stereocenters. The number of aliphatic hydroxyl groups excluding tert-OH is 2. The summed E-state index contributed by atoms with van der Waals surface area (Å²) in [6.07, 6.45) is -2.15. The predicted octanol–water partition coefficient (Wildman–Crippen LogP) is -1.71. The van der Waals surface area contributed by atoms with E-state index in [1.54, 1.807) is 6.92 Å². The Bertz CT molecular complexity index is 644. The molecule has 0 aromatic carbocycles. The summed E-state index contributed by atoms with van der Waals surface area (Å²) >= 11 is 0. The number of nitrogens with two attached hydrogens (primary N) is 2. The third-order valence-electron chi connectivity index (χ3n) is 3.40. The number of rotatable bonds is 2. The van der Waals surface area contributed by atoms with Gasteiger partial charge in [-0.05, 0) is 6.92 Å². The third-order valence-corrected chi connectivity index (χ3v) is 3.40. The number of aromatic nitrogens is 4. The standard InChI is InChI=1S/C11H16N6O3/c1-4-15-9(13)6-10(16-4)17(3-14-6)11-8(19)7(18)5(2-12)20-11/h3,5,7-8,11,18-19H,2,12H2,1H3,(H2,13,15,16)/t5-,7+,8+,11+/m0/s1. The summed E-state index contributed by atoms with van der Waals surface area (Å²) in [5.41, 5.74) is 12.2. The van der Waals surface area contributed by atoms with E-state index in [2.05, 4.69) is 15.0 Å². The van der Waals surface area contributed by atoms with Crippen molar-refractivity contribution in [1.82, 2.24) is 19.5 Å². The van der Waals surface area contributed by atoms with Gasteiger partial charge in [0.25, 0.3) is 0 Å². The molecule has 2 aromatic heterocycles. The molecule has 0 saturated carbocycles. The second kappa shape index (κ2) is 4.63. The number of hydrogen-bond acceptors (Lipinski definition) is 8. The Morgan fingerprint density at radius 2 is 2.10 bits per heavy atom. The van der Waals surface area contributed by atoms with Gasteiger partial charge in [-0.25, -0.2) is 15.0 Å². The van der Waals surface area contributed by atoms with Crippen LogP contribution in [0.5, 0.6) is 0 Å². The smallest absolute Gasteiger partial charge is 0.167 e. The van der Waals surface area contributed by atoms with Crippen LogP contribution in [0.15, 0.2) is 6.33 Å². The summed E-state index contributed by atoms with van der Waals surface area (Å²) in [4.78, 5) is 12.4. The van der Waals surface area contributed by atoms with Crippen molar-refractivity contribution in [2.45, 2.75) is 31.5 Å². The Kier molecular flexibility index (Phi) is 3.05. The van der Waals surface area contributed by atoms with Gasteiger partial charge in [-0.1, -0.05) is 0 Å². The van der Waals surface area contributed by atoms with E-state index >= 15 is 0 Å². The largest absolute Gasteiger partial charge is 0.387 e. The van der Waals surface area contributed by atoms with Crippen LogP contribution in [0.4, 0.5) is 5.82 Å². The van der Waals surface area contributed by atoms with Crippen molar-refractivity contribution in [3.8, 4) is 0 Å². The molecule has 20 heavy (non-hydrogen) atoms. The number of ether oxygens (including phenoxy) is 1. The van der Waals surface area contributed by atoms with Crippen LogP contribution in [0, 0.1) is 6.92 Å². The van der Waals surface area contributed by atoms with Crippen LogP contribution in [0.2, 0.25) is 0 Å². The van der Waals surface area contributed by atoms with Crippen molar-refractivity contribution in [2.24, 2.45) is 5.73 Å². The van der Waals surface area contributed by atoms with E-state index in [-0.39, 0.29) is 12.4 Å². The molecule has 1 saturated heterocycles. The average Bonchev–Trinajstić information content (AvgIpc) is 2.93. The molecule has 0 radical (unpaired) electrons. The van der Waals surface area contributed by atoms with Crippen molar-refractivity contribution in [3.63, 3.8) is 0 Å². The molecule has 3 rings (SSSR count). The quantitative estimate of drug-likeness (QED) is 0.509. The molecule has 0 spiro atoms. The number of anilines is 1. The number of aliphatic hydroxyl groups is 2. The molecule has 1 fully saturated rings. The Balaban J connectivity index is 2.07. The number of imidazole rings is 1. The third kappa shape index (κ3) is 1.83. The molecule has 2 aromatic rings. The SMILES string of the molecule is Cc1nc(N)c2ncn([C@@H]3O[C@@H](CN)[C@@H](O)[C@H]3O)c2n1. The summed E-state index contributed by atoms with van der Waals surface area (Å²) in [5.74, 6) is 0.745. The van der Waals surface area contributed by atoms with E-state index < -0.39 is 24.5 Å². The summed E-state index contributed by atoms with van der Waals surface area (Å²) in [5, 5.41) is 19.9. The summed E-state index contributed by atoms with van der Waals surface area (Å²) < 4.78 is 7.10. The highest BCUT2D eigenvalue weighted by atomic mass is 16.6. The zero-order chi connectivity index (χ0) is 14.4. The molecule has 9 nitrogen and oxygen atoms in total. The van der Waals surface area contributed by atoms with Crippen molar-refractivity contribution >= 4 is 17.0 Å². The van der Waals surface area contributed by atoms with E-state index in [0.29, 0.717) is 17.0 Å². The Morgan fingerprint density at radius 1 is 1.35 bits per heavy atom. The predicted molar refractivity (Wildman–Crippen MR) is 69.5 cm³/mol. The van der Waals surface area contributed by atoms with Crippen molar-refractivity contribution in [1.29, 1.82) is 0 Å². The summed E-state index contributed by atoms with van der Waals surface area (Å²) in [6, 6.07) is 0. The highest BCUT2D eigenvalue weighted by Crippen LogP contribution is 2.31. The molecule has 1 aliphatic heterocycles. The maximum Gasteiger partial charge on any atom is 0.167 e. The first-order chi connectivity index (χ1) is 9.52. The molecule has 6 N–H and O–H groups in total. The van der Waals surface area contributed by atoms with Crippen LogP contribution in [0.1, 0.15) is 12.1 Å². The lowest BCUT2D eigenvalue weighted by molar-refractivity contribution is -0.0322. The molecule has 108 valence electrons. The first-order valence-electron chi connectivity index (χ1n) is 6.21. The monoisotopic (exact) mass is 280 g/mol. The second-order valence-corrected chi connectivity index (χ2v) is 4.76. The average molecular weight is 280 g/mol.